The molecule has 0 aliphatic carbocycles. The zero-order valence-corrected chi connectivity index (χ0v) is 13.6. The molecule has 4 heteroatoms. The van der Waals surface area contributed by atoms with Crippen LogP contribution < -0.4 is 0 Å². The standard InChI is InChI=1S/C20H19N3O/c1-14-6-5-9-15-10-11-22-19(18(14)15)17(12-21)13-23(22)20(24)16-7-3-2-4-8-16/h2-9,17,19H,10-11,13H2,1H3/t17-,19-/m1/s1. The summed E-state index contributed by atoms with van der Waals surface area (Å²) >= 11 is 0. The highest BCUT2D eigenvalue weighted by Gasteiger charge is 2.46. The van der Waals surface area contributed by atoms with Crippen LogP contribution in [0.5, 0.6) is 0 Å². The van der Waals surface area contributed by atoms with Gasteiger partial charge in [-0.3, -0.25) is 9.80 Å². The van der Waals surface area contributed by atoms with Crippen molar-refractivity contribution in [1.82, 2.24) is 10.0 Å². The van der Waals surface area contributed by atoms with Crippen molar-refractivity contribution >= 4 is 5.91 Å². The third-order valence-corrected chi connectivity index (χ3v) is 5.12. The highest BCUT2D eigenvalue weighted by Crippen LogP contribution is 2.43. The molecule has 2 aliphatic heterocycles. The minimum atomic E-state index is -0.196. The molecule has 1 saturated heterocycles. The molecular formula is C20H19N3O. The lowest BCUT2D eigenvalue weighted by molar-refractivity contribution is -0.000620. The third-order valence-electron chi connectivity index (χ3n) is 5.12. The molecule has 2 aromatic rings. The molecule has 0 saturated carbocycles. The van der Waals surface area contributed by atoms with Crippen LogP contribution in [0.3, 0.4) is 0 Å². The van der Waals surface area contributed by atoms with Gasteiger partial charge in [-0.2, -0.15) is 5.26 Å². The number of nitrogens with zero attached hydrogens (tertiary/aromatic N) is 3. The average Bonchev–Trinajstić information content (AvgIpc) is 3.01. The fourth-order valence-corrected chi connectivity index (χ4v) is 4.02. The molecule has 4 nitrogen and oxygen atoms in total. The zero-order chi connectivity index (χ0) is 16.7. The molecule has 2 aromatic carbocycles. The van der Waals surface area contributed by atoms with Crippen LogP contribution in [0.15, 0.2) is 48.5 Å². The summed E-state index contributed by atoms with van der Waals surface area (Å²) < 4.78 is 0. The summed E-state index contributed by atoms with van der Waals surface area (Å²) in [7, 11) is 0. The monoisotopic (exact) mass is 317 g/mol. The van der Waals surface area contributed by atoms with Gasteiger partial charge >= 0.3 is 0 Å². The number of hydrazine groups is 1. The van der Waals surface area contributed by atoms with Gasteiger partial charge in [-0.15, -0.1) is 0 Å². The lowest BCUT2D eigenvalue weighted by Crippen LogP contribution is -2.45. The topological polar surface area (TPSA) is 47.3 Å². The van der Waals surface area contributed by atoms with Crippen molar-refractivity contribution < 1.29 is 4.79 Å². The van der Waals surface area contributed by atoms with E-state index in [9.17, 15) is 10.1 Å². The van der Waals surface area contributed by atoms with E-state index in [2.05, 4.69) is 36.2 Å². The summed E-state index contributed by atoms with van der Waals surface area (Å²) in [6.07, 6.45) is 0.907. The first kappa shape index (κ1) is 14.9. The molecule has 1 fully saturated rings. The van der Waals surface area contributed by atoms with Crippen LogP contribution in [0, 0.1) is 24.2 Å². The van der Waals surface area contributed by atoms with E-state index in [4.69, 9.17) is 0 Å². The lowest BCUT2D eigenvalue weighted by Gasteiger charge is -2.37. The van der Waals surface area contributed by atoms with Gasteiger partial charge in [0.1, 0.15) is 0 Å². The predicted molar refractivity (Wildman–Crippen MR) is 90.9 cm³/mol. The second-order valence-corrected chi connectivity index (χ2v) is 6.49. The van der Waals surface area contributed by atoms with Gasteiger partial charge in [0.25, 0.3) is 5.91 Å². The molecule has 2 heterocycles. The van der Waals surface area contributed by atoms with E-state index < -0.39 is 0 Å². The van der Waals surface area contributed by atoms with Crippen molar-refractivity contribution in [2.24, 2.45) is 5.92 Å². The van der Waals surface area contributed by atoms with Gasteiger partial charge in [-0.1, -0.05) is 36.4 Å². The van der Waals surface area contributed by atoms with Crippen LogP contribution in [0.1, 0.15) is 33.1 Å². The Morgan fingerprint density at radius 2 is 1.96 bits per heavy atom. The first-order chi connectivity index (χ1) is 11.7. The Labute approximate surface area is 141 Å². The molecule has 2 aliphatic rings. The number of nitriles is 1. The number of carbonyl (C=O) groups is 1. The second kappa shape index (κ2) is 5.77. The normalized spacial score (nSPS) is 22.6. The molecule has 24 heavy (non-hydrogen) atoms. The van der Waals surface area contributed by atoms with Crippen molar-refractivity contribution in [3.63, 3.8) is 0 Å². The Bertz CT molecular complexity index is 825. The van der Waals surface area contributed by atoms with E-state index in [0.29, 0.717) is 12.1 Å². The minimum absolute atomic E-state index is 0.0182. The van der Waals surface area contributed by atoms with Crippen LogP contribution in [0.2, 0.25) is 0 Å². The van der Waals surface area contributed by atoms with Gasteiger partial charge in [-0.05, 0) is 42.2 Å². The maximum Gasteiger partial charge on any atom is 0.268 e. The maximum absolute atomic E-state index is 12.9. The van der Waals surface area contributed by atoms with Crippen molar-refractivity contribution in [1.29, 1.82) is 5.26 Å². The molecule has 0 radical (unpaired) electrons. The van der Waals surface area contributed by atoms with Gasteiger partial charge in [0.05, 0.1) is 24.6 Å². The van der Waals surface area contributed by atoms with E-state index in [1.165, 1.54) is 16.7 Å². The highest BCUT2D eigenvalue weighted by molar-refractivity contribution is 5.94. The number of rotatable bonds is 1. The van der Waals surface area contributed by atoms with Crippen LogP contribution in [-0.2, 0) is 6.42 Å². The summed E-state index contributed by atoms with van der Waals surface area (Å²) in [5.41, 5.74) is 4.42. The first-order valence-corrected chi connectivity index (χ1v) is 8.32. The summed E-state index contributed by atoms with van der Waals surface area (Å²) in [5.74, 6) is -0.215. The fourth-order valence-electron chi connectivity index (χ4n) is 4.02. The summed E-state index contributed by atoms with van der Waals surface area (Å²) in [4.78, 5) is 12.9. The quantitative estimate of drug-likeness (QED) is 0.812. The molecule has 0 unspecified atom stereocenters. The largest absolute Gasteiger partial charge is 0.269 e. The summed E-state index contributed by atoms with van der Waals surface area (Å²) in [6, 6.07) is 18.1. The number of carbonyl (C=O) groups excluding carboxylic acids is 1. The van der Waals surface area contributed by atoms with E-state index in [1.54, 1.807) is 5.01 Å². The number of aryl methyl sites for hydroxylation is 1. The van der Waals surface area contributed by atoms with Gasteiger partial charge in [0.15, 0.2) is 0 Å². The zero-order valence-electron chi connectivity index (χ0n) is 13.6. The Morgan fingerprint density at radius 3 is 2.71 bits per heavy atom. The van der Waals surface area contributed by atoms with Gasteiger partial charge in [0.2, 0.25) is 0 Å². The number of hydrogen-bond acceptors (Lipinski definition) is 3. The predicted octanol–water partition coefficient (Wildman–Crippen LogP) is 3.11. The van der Waals surface area contributed by atoms with Crippen LogP contribution in [0.25, 0.3) is 0 Å². The number of fused-ring (bicyclic) bond motifs is 3. The van der Waals surface area contributed by atoms with Gasteiger partial charge in [0, 0.05) is 12.1 Å². The Kier molecular flexibility index (Phi) is 3.59. The molecule has 0 spiro atoms. The van der Waals surface area contributed by atoms with Crippen molar-refractivity contribution in [2.45, 2.75) is 19.4 Å². The van der Waals surface area contributed by atoms with E-state index >= 15 is 0 Å². The molecule has 0 aromatic heterocycles. The van der Waals surface area contributed by atoms with Crippen LogP contribution in [-0.4, -0.2) is 29.0 Å². The number of hydrogen-bond donors (Lipinski definition) is 0. The van der Waals surface area contributed by atoms with Crippen molar-refractivity contribution in [3.8, 4) is 6.07 Å². The van der Waals surface area contributed by atoms with Crippen molar-refractivity contribution in [2.75, 3.05) is 13.1 Å². The molecule has 1 amide bonds. The Hall–Kier alpha value is -2.64. The Balaban J connectivity index is 1.74. The smallest absolute Gasteiger partial charge is 0.268 e. The SMILES string of the molecule is Cc1cccc2c1[C@H]1[C@H](C#N)CN(C(=O)c3ccccc3)N1CC2. The van der Waals surface area contributed by atoms with Crippen molar-refractivity contribution in [3.05, 3.63) is 70.8 Å². The minimum Gasteiger partial charge on any atom is -0.269 e. The summed E-state index contributed by atoms with van der Waals surface area (Å²) in [5, 5.41) is 13.6. The summed E-state index contributed by atoms with van der Waals surface area (Å²) in [6.45, 7) is 3.33. The maximum atomic E-state index is 12.9. The molecule has 0 N–H and O–H groups in total. The molecule has 0 bridgehead atoms. The molecule has 2 atom stereocenters. The van der Waals surface area contributed by atoms with Crippen LogP contribution in [0.4, 0.5) is 0 Å². The average molecular weight is 317 g/mol. The van der Waals surface area contributed by atoms with E-state index in [-0.39, 0.29) is 17.9 Å². The fraction of sp³-hybridized carbons (Fsp3) is 0.300. The van der Waals surface area contributed by atoms with Crippen LogP contribution >= 0.6 is 0 Å². The Morgan fingerprint density at radius 1 is 1.17 bits per heavy atom. The third kappa shape index (κ3) is 2.21. The number of benzene rings is 2. The van der Waals surface area contributed by atoms with E-state index in [0.717, 1.165) is 13.0 Å². The highest BCUT2D eigenvalue weighted by atomic mass is 16.2. The molecule has 4 rings (SSSR count). The first-order valence-electron chi connectivity index (χ1n) is 8.32. The second-order valence-electron chi connectivity index (χ2n) is 6.49. The lowest BCUT2D eigenvalue weighted by atomic mass is 9.85. The number of amides is 1. The molecular weight excluding hydrogens is 298 g/mol. The van der Waals surface area contributed by atoms with Gasteiger partial charge in [-0.25, -0.2) is 5.01 Å². The van der Waals surface area contributed by atoms with E-state index in [1.807, 2.05) is 30.3 Å². The molecule has 120 valence electrons. The van der Waals surface area contributed by atoms with Gasteiger partial charge < -0.3 is 0 Å².